The van der Waals surface area contributed by atoms with Crippen molar-refractivity contribution >= 4 is 35.0 Å². The molecule has 5 heteroatoms. The van der Waals surface area contributed by atoms with E-state index >= 15 is 0 Å². The van der Waals surface area contributed by atoms with Crippen LogP contribution in [0.15, 0.2) is 18.2 Å². The Kier molecular flexibility index (Phi) is 4.33. The highest BCUT2D eigenvalue weighted by atomic mass is 35.5. The Morgan fingerprint density at radius 1 is 1.31 bits per heavy atom. The third kappa shape index (κ3) is 3.22. The predicted molar refractivity (Wildman–Crippen MR) is 62.2 cm³/mol. The lowest BCUT2D eigenvalue weighted by Gasteiger charge is -2.08. The van der Waals surface area contributed by atoms with Gasteiger partial charge in [0.1, 0.15) is 0 Å². The molecule has 0 spiro atoms. The highest BCUT2D eigenvalue weighted by Gasteiger charge is 2.18. The standard InChI is InChI=1S/C11H10Cl2O3/c1-6(4-10(14)15)11(16)7-2-3-8(12)9(13)5-7/h2-3,5-6H,4H2,1H3,(H,14,15)/t6-/m1/s1. The van der Waals surface area contributed by atoms with E-state index in [1.165, 1.54) is 18.2 Å². The number of hydrogen-bond acceptors (Lipinski definition) is 2. The number of carboxylic acid groups (broad SMARTS) is 1. The lowest BCUT2D eigenvalue weighted by Crippen LogP contribution is -2.15. The van der Waals surface area contributed by atoms with E-state index < -0.39 is 11.9 Å². The molecule has 1 aromatic carbocycles. The first-order chi connectivity index (χ1) is 7.41. The molecule has 86 valence electrons. The van der Waals surface area contributed by atoms with Crippen LogP contribution in [-0.2, 0) is 4.79 Å². The molecule has 16 heavy (non-hydrogen) atoms. The van der Waals surface area contributed by atoms with Crippen LogP contribution in [0.25, 0.3) is 0 Å². The molecule has 0 aromatic heterocycles. The maximum atomic E-state index is 11.8. The van der Waals surface area contributed by atoms with Crippen molar-refractivity contribution in [1.29, 1.82) is 0 Å². The molecule has 1 N–H and O–H groups in total. The van der Waals surface area contributed by atoms with Crippen LogP contribution in [0.1, 0.15) is 23.7 Å². The number of aliphatic carboxylic acids is 1. The molecule has 0 aliphatic heterocycles. The zero-order valence-electron chi connectivity index (χ0n) is 8.54. The fourth-order valence-electron chi connectivity index (χ4n) is 1.29. The van der Waals surface area contributed by atoms with E-state index in [2.05, 4.69) is 0 Å². The third-order valence-electron chi connectivity index (χ3n) is 2.13. The smallest absolute Gasteiger partial charge is 0.304 e. The second-order valence-corrected chi connectivity index (χ2v) is 4.31. The van der Waals surface area contributed by atoms with Crippen molar-refractivity contribution in [2.45, 2.75) is 13.3 Å². The number of rotatable bonds is 4. The largest absolute Gasteiger partial charge is 0.481 e. The van der Waals surface area contributed by atoms with Gasteiger partial charge in [0, 0.05) is 11.5 Å². The summed E-state index contributed by atoms with van der Waals surface area (Å²) in [7, 11) is 0. The molecule has 0 radical (unpaired) electrons. The predicted octanol–water partition coefficient (Wildman–Crippen LogP) is 3.29. The monoisotopic (exact) mass is 260 g/mol. The number of carboxylic acids is 1. The summed E-state index contributed by atoms with van der Waals surface area (Å²) in [5.41, 5.74) is 0.378. The van der Waals surface area contributed by atoms with Crippen molar-refractivity contribution in [3.05, 3.63) is 33.8 Å². The van der Waals surface area contributed by atoms with Crippen LogP contribution in [0.3, 0.4) is 0 Å². The van der Waals surface area contributed by atoms with Gasteiger partial charge >= 0.3 is 5.97 Å². The number of carbonyl (C=O) groups is 2. The molecule has 0 aliphatic rings. The van der Waals surface area contributed by atoms with E-state index in [4.69, 9.17) is 28.3 Å². The van der Waals surface area contributed by atoms with Crippen LogP contribution < -0.4 is 0 Å². The molecule has 1 aromatic rings. The molecule has 0 unspecified atom stereocenters. The summed E-state index contributed by atoms with van der Waals surface area (Å²) in [6.45, 7) is 1.57. The molecular weight excluding hydrogens is 251 g/mol. The van der Waals surface area contributed by atoms with Crippen molar-refractivity contribution < 1.29 is 14.7 Å². The number of benzene rings is 1. The third-order valence-corrected chi connectivity index (χ3v) is 2.87. The molecule has 1 rings (SSSR count). The molecule has 0 bridgehead atoms. The van der Waals surface area contributed by atoms with Crippen molar-refractivity contribution in [2.24, 2.45) is 5.92 Å². The first-order valence-corrected chi connectivity index (χ1v) is 5.38. The normalized spacial score (nSPS) is 12.2. The Morgan fingerprint density at radius 2 is 1.94 bits per heavy atom. The van der Waals surface area contributed by atoms with E-state index in [1.807, 2.05) is 0 Å². The lowest BCUT2D eigenvalue weighted by atomic mass is 9.96. The zero-order valence-corrected chi connectivity index (χ0v) is 10.0. The molecule has 0 saturated carbocycles. The molecule has 0 aliphatic carbocycles. The van der Waals surface area contributed by atoms with Gasteiger partial charge in [-0.25, -0.2) is 0 Å². The Hall–Kier alpha value is -1.06. The number of carbonyl (C=O) groups excluding carboxylic acids is 1. The summed E-state index contributed by atoms with van der Waals surface area (Å²) >= 11 is 11.5. The molecule has 0 fully saturated rings. The highest BCUT2D eigenvalue weighted by molar-refractivity contribution is 6.42. The van der Waals surface area contributed by atoms with E-state index in [0.717, 1.165) is 0 Å². The lowest BCUT2D eigenvalue weighted by molar-refractivity contribution is -0.137. The molecule has 3 nitrogen and oxygen atoms in total. The van der Waals surface area contributed by atoms with Gasteiger partial charge in [0.2, 0.25) is 0 Å². The van der Waals surface area contributed by atoms with E-state index in [-0.39, 0.29) is 17.2 Å². The summed E-state index contributed by atoms with van der Waals surface area (Å²) in [6, 6.07) is 4.50. The molecule has 1 atom stereocenters. The van der Waals surface area contributed by atoms with Gasteiger partial charge in [-0.15, -0.1) is 0 Å². The molecule has 0 amide bonds. The average Bonchev–Trinajstić information content (AvgIpc) is 2.20. The quantitative estimate of drug-likeness (QED) is 0.846. The zero-order chi connectivity index (χ0) is 12.3. The van der Waals surface area contributed by atoms with E-state index in [9.17, 15) is 9.59 Å². The van der Waals surface area contributed by atoms with Gasteiger partial charge in [0.25, 0.3) is 0 Å². The average molecular weight is 261 g/mol. The number of halogens is 2. The Balaban J connectivity index is 2.88. The van der Waals surface area contributed by atoms with Crippen LogP contribution in [0.5, 0.6) is 0 Å². The van der Waals surface area contributed by atoms with Crippen molar-refractivity contribution in [1.82, 2.24) is 0 Å². The van der Waals surface area contributed by atoms with Crippen molar-refractivity contribution in [3.8, 4) is 0 Å². The first-order valence-electron chi connectivity index (χ1n) is 4.63. The topological polar surface area (TPSA) is 54.4 Å². The van der Waals surface area contributed by atoms with Crippen LogP contribution in [0, 0.1) is 5.92 Å². The van der Waals surface area contributed by atoms with Crippen molar-refractivity contribution in [3.63, 3.8) is 0 Å². The van der Waals surface area contributed by atoms with Crippen molar-refractivity contribution in [2.75, 3.05) is 0 Å². The summed E-state index contributed by atoms with van der Waals surface area (Å²) in [6.07, 6.45) is -0.195. The fourth-order valence-corrected chi connectivity index (χ4v) is 1.59. The van der Waals surface area contributed by atoms with Gasteiger partial charge in [0.05, 0.1) is 16.5 Å². The summed E-state index contributed by atoms with van der Waals surface area (Å²) in [4.78, 5) is 22.2. The molecule has 0 heterocycles. The number of Topliss-reactive ketones (excluding diaryl/α,β-unsaturated/α-hetero) is 1. The van der Waals surface area contributed by atoms with E-state index in [0.29, 0.717) is 10.6 Å². The van der Waals surface area contributed by atoms with Crippen LogP contribution >= 0.6 is 23.2 Å². The summed E-state index contributed by atoms with van der Waals surface area (Å²) in [5.74, 6) is -1.82. The fraction of sp³-hybridized carbons (Fsp3) is 0.273. The SMILES string of the molecule is C[C@H](CC(=O)O)C(=O)c1ccc(Cl)c(Cl)c1. The summed E-state index contributed by atoms with van der Waals surface area (Å²) in [5, 5.41) is 9.23. The van der Waals surface area contributed by atoms with Gasteiger partial charge in [-0.2, -0.15) is 0 Å². The van der Waals surface area contributed by atoms with Crippen LogP contribution in [0.4, 0.5) is 0 Å². The van der Waals surface area contributed by atoms with Gasteiger partial charge in [-0.1, -0.05) is 30.1 Å². The number of hydrogen-bond donors (Lipinski definition) is 1. The molecular formula is C11H10Cl2O3. The molecule has 0 saturated heterocycles. The maximum Gasteiger partial charge on any atom is 0.304 e. The van der Waals surface area contributed by atoms with Gasteiger partial charge in [-0.05, 0) is 18.2 Å². The van der Waals surface area contributed by atoms with E-state index in [1.54, 1.807) is 6.92 Å². The first kappa shape index (κ1) is 13.0. The maximum absolute atomic E-state index is 11.8. The Labute approximate surface area is 103 Å². The van der Waals surface area contributed by atoms with Crippen LogP contribution in [0.2, 0.25) is 10.0 Å². The minimum Gasteiger partial charge on any atom is -0.481 e. The Bertz CT molecular complexity index is 429. The van der Waals surface area contributed by atoms with Gasteiger partial charge in [-0.3, -0.25) is 9.59 Å². The second-order valence-electron chi connectivity index (χ2n) is 3.49. The Morgan fingerprint density at radius 3 is 2.44 bits per heavy atom. The highest BCUT2D eigenvalue weighted by Crippen LogP contribution is 2.24. The second kappa shape index (κ2) is 5.32. The number of ketones is 1. The minimum absolute atomic E-state index is 0.195. The van der Waals surface area contributed by atoms with Gasteiger partial charge in [0.15, 0.2) is 5.78 Å². The van der Waals surface area contributed by atoms with Gasteiger partial charge < -0.3 is 5.11 Å². The minimum atomic E-state index is -0.999. The summed E-state index contributed by atoms with van der Waals surface area (Å²) < 4.78 is 0. The van der Waals surface area contributed by atoms with Crippen LogP contribution in [-0.4, -0.2) is 16.9 Å².